The molecule has 1 spiro atoms. The molecule has 0 aromatic heterocycles. The Morgan fingerprint density at radius 1 is 1.00 bits per heavy atom. The Labute approximate surface area is 74.9 Å². The first-order valence-corrected chi connectivity index (χ1v) is 5.64. The van der Waals surface area contributed by atoms with E-state index in [1.165, 1.54) is 51.5 Å². The van der Waals surface area contributed by atoms with Gasteiger partial charge in [0.25, 0.3) is 0 Å². The van der Waals surface area contributed by atoms with Crippen molar-refractivity contribution in [1.29, 1.82) is 0 Å². The Hall–Kier alpha value is -0.0400. The first kappa shape index (κ1) is 7.37. The fourth-order valence-corrected chi connectivity index (χ4v) is 3.85. The van der Waals surface area contributed by atoms with E-state index in [1.807, 2.05) is 0 Å². The van der Waals surface area contributed by atoms with Crippen LogP contribution < -0.4 is 5.32 Å². The van der Waals surface area contributed by atoms with E-state index in [1.54, 1.807) is 0 Å². The fraction of sp³-hybridized carbons (Fsp3) is 1.00. The predicted octanol–water partition coefficient (Wildman–Crippen LogP) is 2.32. The Morgan fingerprint density at radius 3 is 2.58 bits per heavy atom. The van der Waals surface area contributed by atoms with E-state index < -0.39 is 0 Å². The third-order valence-electron chi connectivity index (χ3n) is 4.61. The van der Waals surface area contributed by atoms with Gasteiger partial charge >= 0.3 is 0 Å². The Bertz CT molecular complexity index is 183. The molecule has 0 aromatic carbocycles. The quantitative estimate of drug-likeness (QED) is 0.581. The number of rotatable bonds is 0. The number of hydrogen-bond acceptors (Lipinski definition) is 1. The molecule has 1 saturated heterocycles. The first-order chi connectivity index (χ1) is 5.91. The Morgan fingerprint density at radius 2 is 1.83 bits per heavy atom. The maximum Gasteiger partial charge on any atom is 0.0152 e. The molecule has 1 nitrogen and oxygen atoms in total. The average molecular weight is 165 g/mol. The minimum absolute atomic E-state index is 0.791. The Balaban J connectivity index is 1.83. The van der Waals surface area contributed by atoms with Gasteiger partial charge in [-0.1, -0.05) is 12.8 Å². The lowest BCUT2D eigenvalue weighted by Crippen LogP contribution is -2.51. The van der Waals surface area contributed by atoms with Crippen molar-refractivity contribution in [2.75, 3.05) is 6.54 Å². The van der Waals surface area contributed by atoms with E-state index in [2.05, 4.69) is 5.32 Å². The molecule has 1 heteroatoms. The van der Waals surface area contributed by atoms with Crippen LogP contribution in [0.25, 0.3) is 0 Å². The maximum atomic E-state index is 3.75. The molecule has 2 saturated carbocycles. The van der Waals surface area contributed by atoms with E-state index in [-0.39, 0.29) is 0 Å². The molecule has 0 aromatic rings. The van der Waals surface area contributed by atoms with Gasteiger partial charge in [-0.2, -0.15) is 0 Å². The molecule has 1 heterocycles. The standard InChI is InChI=1S/C11H19N/c1-3-9-4-8-12-10(9)11(5-1)6-2-7-11/h9-10,12H,1-8H2. The second-order valence-corrected chi connectivity index (χ2v) is 5.09. The van der Waals surface area contributed by atoms with Crippen LogP contribution in [0.4, 0.5) is 0 Å². The minimum Gasteiger partial charge on any atom is -0.313 e. The molecular formula is C11H19N. The highest BCUT2D eigenvalue weighted by Crippen LogP contribution is 2.54. The van der Waals surface area contributed by atoms with Crippen LogP contribution in [0, 0.1) is 11.3 Å². The summed E-state index contributed by atoms with van der Waals surface area (Å²) in [6.45, 7) is 1.30. The molecule has 3 aliphatic rings. The number of hydrogen-bond donors (Lipinski definition) is 1. The summed E-state index contributed by atoms with van der Waals surface area (Å²) in [5.41, 5.74) is 0.791. The van der Waals surface area contributed by atoms with Crippen molar-refractivity contribution in [3.05, 3.63) is 0 Å². The second kappa shape index (κ2) is 2.47. The van der Waals surface area contributed by atoms with Crippen LogP contribution in [0.15, 0.2) is 0 Å². The maximum absolute atomic E-state index is 3.75. The van der Waals surface area contributed by atoms with Crippen molar-refractivity contribution in [2.24, 2.45) is 11.3 Å². The molecule has 1 aliphatic heterocycles. The molecule has 1 N–H and O–H groups in total. The highest BCUT2D eigenvalue weighted by Gasteiger charge is 2.50. The monoisotopic (exact) mass is 165 g/mol. The molecule has 3 rings (SSSR count). The molecule has 3 fully saturated rings. The molecular weight excluding hydrogens is 146 g/mol. The second-order valence-electron chi connectivity index (χ2n) is 5.09. The lowest BCUT2D eigenvalue weighted by Gasteiger charge is -2.52. The van der Waals surface area contributed by atoms with Gasteiger partial charge in [-0.3, -0.25) is 0 Å². The van der Waals surface area contributed by atoms with E-state index in [0.717, 1.165) is 17.4 Å². The SMILES string of the molecule is C1CC2CCNC2C2(C1)CCC2. The zero-order chi connectivity index (χ0) is 8.02. The van der Waals surface area contributed by atoms with Gasteiger partial charge in [0, 0.05) is 6.04 Å². The molecule has 2 aliphatic carbocycles. The van der Waals surface area contributed by atoms with Crippen LogP contribution in [-0.4, -0.2) is 12.6 Å². The highest BCUT2D eigenvalue weighted by atomic mass is 15.0. The summed E-state index contributed by atoms with van der Waals surface area (Å²) in [6, 6.07) is 0.931. The molecule has 0 radical (unpaired) electrons. The third-order valence-corrected chi connectivity index (χ3v) is 4.61. The van der Waals surface area contributed by atoms with E-state index in [0.29, 0.717) is 0 Å². The van der Waals surface area contributed by atoms with E-state index in [4.69, 9.17) is 0 Å². The van der Waals surface area contributed by atoms with Gasteiger partial charge in [0.05, 0.1) is 0 Å². The summed E-state index contributed by atoms with van der Waals surface area (Å²) >= 11 is 0. The smallest absolute Gasteiger partial charge is 0.0152 e. The molecule has 0 bridgehead atoms. The van der Waals surface area contributed by atoms with Gasteiger partial charge in [-0.25, -0.2) is 0 Å². The van der Waals surface area contributed by atoms with Gasteiger partial charge < -0.3 is 5.32 Å². The summed E-state index contributed by atoms with van der Waals surface area (Å²) in [5, 5.41) is 3.75. The topological polar surface area (TPSA) is 12.0 Å². The van der Waals surface area contributed by atoms with E-state index >= 15 is 0 Å². The van der Waals surface area contributed by atoms with Gasteiger partial charge in [0.1, 0.15) is 0 Å². The summed E-state index contributed by atoms with van der Waals surface area (Å²) in [7, 11) is 0. The lowest BCUT2D eigenvalue weighted by atomic mass is 9.56. The third kappa shape index (κ3) is 0.834. The van der Waals surface area contributed by atoms with Gasteiger partial charge in [-0.05, 0) is 50.0 Å². The van der Waals surface area contributed by atoms with Crippen LogP contribution in [0.1, 0.15) is 44.9 Å². The van der Waals surface area contributed by atoms with Gasteiger partial charge in [0.2, 0.25) is 0 Å². The van der Waals surface area contributed by atoms with Crippen LogP contribution >= 0.6 is 0 Å². The molecule has 2 atom stereocenters. The molecule has 68 valence electrons. The minimum atomic E-state index is 0.791. The summed E-state index contributed by atoms with van der Waals surface area (Å²) in [4.78, 5) is 0. The first-order valence-electron chi connectivity index (χ1n) is 5.64. The van der Waals surface area contributed by atoms with Crippen LogP contribution in [-0.2, 0) is 0 Å². The zero-order valence-electron chi connectivity index (χ0n) is 7.81. The normalized spacial score (nSPS) is 44.0. The van der Waals surface area contributed by atoms with Crippen molar-refractivity contribution in [3.8, 4) is 0 Å². The number of nitrogens with one attached hydrogen (secondary N) is 1. The summed E-state index contributed by atoms with van der Waals surface area (Å²) in [5.74, 6) is 1.05. The highest BCUT2D eigenvalue weighted by molar-refractivity contribution is 5.05. The van der Waals surface area contributed by atoms with Crippen LogP contribution in [0.2, 0.25) is 0 Å². The summed E-state index contributed by atoms with van der Waals surface area (Å²) in [6.07, 6.45) is 10.6. The largest absolute Gasteiger partial charge is 0.313 e. The molecule has 2 unspecified atom stereocenters. The van der Waals surface area contributed by atoms with Crippen molar-refractivity contribution in [1.82, 2.24) is 5.32 Å². The molecule has 0 amide bonds. The van der Waals surface area contributed by atoms with Crippen molar-refractivity contribution in [2.45, 2.75) is 51.0 Å². The van der Waals surface area contributed by atoms with Gasteiger partial charge in [-0.15, -0.1) is 0 Å². The average Bonchev–Trinajstić information content (AvgIpc) is 2.47. The Kier molecular flexibility index (Phi) is 1.52. The number of fused-ring (bicyclic) bond motifs is 2. The lowest BCUT2D eigenvalue weighted by molar-refractivity contribution is 0.0198. The molecule has 12 heavy (non-hydrogen) atoms. The summed E-state index contributed by atoms with van der Waals surface area (Å²) < 4.78 is 0. The van der Waals surface area contributed by atoms with Crippen molar-refractivity contribution in [3.63, 3.8) is 0 Å². The predicted molar refractivity (Wildman–Crippen MR) is 50.0 cm³/mol. The van der Waals surface area contributed by atoms with E-state index in [9.17, 15) is 0 Å². The zero-order valence-corrected chi connectivity index (χ0v) is 7.81. The van der Waals surface area contributed by atoms with Crippen LogP contribution in [0.5, 0.6) is 0 Å². The van der Waals surface area contributed by atoms with Crippen molar-refractivity contribution < 1.29 is 0 Å². The fourth-order valence-electron chi connectivity index (χ4n) is 3.85. The van der Waals surface area contributed by atoms with Crippen molar-refractivity contribution >= 4 is 0 Å². The van der Waals surface area contributed by atoms with Crippen LogP contribution in [0.3, 0.4) is 0 Å². The van der Waals surface area contributed by atoms with Gasteiger partial charge in [0.15, 0.2) is 0 Å².